The van der Waals surface area contributed by atoms with Crippen LogP contribution in [0.2, 0.25) is 0 Å². The second-order valence-corrected chi connectivity index (χ2v) is 4.03. The Labute approximate surface area is 91.6 Å². The Hall–Kier alpha value is -1.02. The van der Waals surface area contributed by atoms with E-state index in [2.05, 4.69) is 30.4 Å². The highest BCUT2D eigenvalue weighted by Gasteiger charge is 2.18. The molecule has 1 N–H and O–H groups in total. The van der Waals surface area contributed by atoms with Crippen molar-refractivity contribution < 1.29 is 4.74 Å². The van der Waals surface area contributed by atoms with Gasteiger partial charge in [0.25, 0.3) is 0 Å². The van der Waals surface area contributed by atoms with Crippen LogP contribution in [0.1, 0.15) is 37.3 Å². The topological polar surface area (TPSA) is 21.3 Å². The monoisotopic (exact) mass is 205 g/mol. The molecule has 2 nitrogen and oxygen atoms in total. The van der Waals surface area contributed by atoms with Crippen molar-refractivity contribution in [3.05, 3.63) is 29.3 Å². The maximum Gasteiger partial charge on any atom is 0.119 e. The second kappa shape index (κ2) is 4.67. The van der Waals surface area contributed by atoms with E-state index in [1.54, 1.807) is 0 Å². The van der Waals surface area contributed by atoms with Crippen LogP contribution >= 0.6 is 0 Å². The SMILES string of the molecule is CCOc1ccc2c(c1)CNCC2CC. The Morgan fingerprint density at radius 2 is 2.27 bits per heavy atom. The van der Waals surface area contributed by atoms with Crippen molar-refractivity contribution in [1.82, 2.24) is 5.32 Å². The van der Waals surface area contributed by atoms with Gasteiger partial charge in [0.2, 0.25) is 0 Å². The van der Waals surface area contributed by atoms with E-state index in [0.29, 0.717) is 5.92 Å². The third-order valence-corrected chi connectivity index (χ3v) is 3.06. The molecule has 1 aliphatic heterocycles. The lowest BCUT2D eigenvalue weighted by Crippen LogP contribution is -2.27. The molecule has 1 unspecified atom stereocenters. The maximum atomic E-state index is 5.51. The fraction of sp³-hybridized carbons (Fsp3) is 0.538. The van der Waals surface area contributed by atoms with Crippen molar-refractivity contribution in [2.75, 3.05) is 13.2 Å². The largest absolute Gasteiger partial charge is 0.494 e. The summed E-state index contributed by atoms with van der Waals surface area (Å²) >= 11 is 0. The Balaban J connectivity index is 2.27. The van der Waals surface area contributed by atoms with Crippen molar-refractivity contribution >= 4 is 0 Å². The van der Waals surface area contributed by atoms with Gasteiger partial charge in [-0.05, 0) is 42.5 Å². The zero-order valence-electron chi connectivity index (χ0n) is 9.55. The molecule has 0 spiro atoms. The van der Waals surface area contributed by atoms with Crippen LogP contribution < -0.4 is 10.1 Å². The first-order chi connectivity index (χ1) is 7.35. The van der Waals surface area contributed by atoms with Crippen molar-refractivity contribution in [2.24, 2.45) is 0 Å². The summed E-state index contributed by atoms with van der Waals surface area (Å²) in [6.07, 6.45) is 1.20. The molecule has 0 aliphatic carbocycles. The first kappa shape index (κ1) is 10.5. The molecule has 0 fully saturated rings. The number of hydrogen-bond acceptors (Lipinski definition) is 2. The molecular formula is C13H19NO. The molecule has 1 atom stereocenters. The summed E-state index contributed by atoms with van der Waals surface area (Å²) in [4.78, 5) is 0. The van der Waals surface area contributed by atoms with Gasteiger partial charge in [-0.25, -0.2) is 0 Å². The lowest BCUT2D eigenvalue weighted by atomic mass is 9.89. The summed E-state index contributed by atoms with van der Waals surface area (Å²) in [5.74, 6) is 1.67. The average molecular weight is 205 g/mol. The zero-order chi connectivity index (χ0) is 10.7. The molecule has 0 saturated carbocycles. The Morgan fingerprint density at radius 3 is 3.00 bits per heavy atom. The molecule has 1 heterocycles. The molecule has 0 bridgehead atoms. The number of rotatable bonds is 3. The molecule has 15 heavy (non-hydrogen) atoms. The fourth-order valence-electron chi connectivity index (χ4n) is 2.25. The van der Waals surface area contributed by atoms with Gasteiger partial charge in [0.1, 0.15) is 5.75 Å². The third kappa shape index (κ3) is 2.15. The molecule has 0 amide bonds. The molecule has 1 aliphatic rings. The summed E-state index contributed by atoms with van der Waals surface area (Å²) in [7, 11) is 0. The van der Waals surface area contributed by atoms with E-state index >= 15 is 0 Å². The highest BCUT2D eigenvalue weighted by molar-refractivity contribution is 5.39. The van der Waals surface area contributed by atoms with Crippen molar-refractivity contribution in [1.29, 1.82) is 0 Å². The first-order valence-corrected chi connectivity index (χ1v) is 5.81. The minimum atomic E-state index is 0.671. The van der Waals surface area contributed by atoms with Crippen molar-refractivity contribution in [3.63, 3.8) is 0 Å². The Bertz CT molecular complexity index is 335. The predicted molar refractivity (Wildman–Crippen MR) is 62.3 cm³/mol. The Kier molecular flexibility index (Phi) is 3.27. The van der Waals surface area contributed by atoms with Crippen LogP contribution in [0.25, 0.3) is 0 Å². The molecule has 1 aromatic rings. The lowest BCUT2D eigenvalue weighted by Gasteiger charge is -2.25. The van der Waals surface area contributed by atoms with Crippen LogP contribution in [0.4, 0.5) is 0 Å². The molecule has 0 radical (unpaired) electrons. The predicted octanol–water partition coefficient (Wildman–Crippen LogP) is 2.68. The second-order valence-electron chi connectivity index (χ2n) is 4.03. The first-order valence-electron chi connectivity index (χ1n) is 5.81. The summed E-state index contributed by atoms with van der Waals surface area (Å²) in [6, 6.07) is 6.50. The van der Waals surface area contributed by atoms with Gasteiger partial charge in [-0.1, -0.05) is 13.0 Å². The van der Waals surface area contributed by atoms with Gasteiger partial charge in [0.15, 0.2) is 0 Å². The molecule has 82 valence electrons. The normalized spacial score (nSPS) is 19.7. The summed E-state index contributed by atoms with van der Waals surface area (Å²) in [5, 5.41) is 3.46. The maximum absolute atomic E-state index is 5.51. The molecule has 0 aromatic heterocycles. The van der Waals surface area contributed by atoms with Gasteiger partial charge < -0.3 is 10.1 Å². The quantitative estimate of drug-likeness (QED) is 0.819. The smallest absolute Gasteiger partial charge is 0.119 e. The van der Waals surface area contributed by atoms with E-state index in [4.69, 9.17) is 4.74 Å². The summed E-state index contributed by atoms with van der Waals surface area (Å²) in [5.41, 5.74) is 2.90. The van der Waals surface area contributed by atoms with E-state index < -0.39 is 0 Å². The molecular weight excluding hydrogens is 186 g/mol. The Morgan fingerprint density at radius 1 is 1.40 bits per heavy atom. The number of hydrogen-bond donors (Lipinski definition) is 1. The zero-order valence-corrected chi connectivity index (χ0v) is 9.55. The van der Waals surface area contributed by atoms with Crippen LogP contribution in [0, 0.1) is 0 Å². The van der Waals surface area contributed by atoms with Gasteiger partial charge in [-0.3, -0.25) is 0 Å². The molecule has 1 aromatic carbocycles. The van der Waals surface area contributed by atoms with Gasteiger partial charge in [-0.2, -0.15) is 0 Å². The molecule has 2 rings (SSSR count). The van der Waals surface area contributed by atoms with Crippen LogP contribution in [-0.2, 0) is 6.54 Å². The number of fused-ring (bicyclic) bond motifs is 1. The number of nitrogens with one attached hydrogen (secondary N) is 1. The summed E-state index contributed by atoms with van der Waals surface area (Å²) < 4.78 is 5.51. The fourth-order valence-corrected chi connectivity index (χ4v) is 2.25. The van der Waals surface area contributed by atoms with Crippen LogP contribution in [0.5, 0.6) is 5.75 Å². The number of benzene rings is 1. The van der Waals surface area contributed by atoms with Crippen LogP contribution in [0.3, 0.4) is 0 Å². The van der Waals surface area contributed by atoms with Gasteiger partial charge in [0, 0.05) is 13.1 Å². The van der Waals surface area contributed by atoms with Gasteiger partial charge in [-0.15, -0.1) is 0 Å². The highest BCUT2D eigenvalue weighted by atomic mass is 16.5. The summed E-state index contributed by atoms with van der Waals surface area (Å²) in [6.45, 7) is 7.10. The van der Waals surface area contributed by atoms with Gasteiger partial charge >= 0.3 is 0 Å². The molecule has 2 heteroatoms. The lowest BCUT2D eigenvalue weighted by molar-refractivity contribution is 0.339. The average Bonchev–Trinajstić information content (AvgIpc) is 2.28. The standard InChI is InChI=1S/C13H19NO/c1-3-10-8-14-9-11-7-12(15-4-2)5-6-13(10)11/h5-7,10,14H,3-4,8-9H2,1-2H3. The van der Waals surface area contributed by atoms with Gasteiger partial charge in [0.05, 0.1) is 6.61 Å². The third-order valence-electron chi connectivity index (χ3n) is 3.06. The highest BCUT2D eigenvalue weighted by Crippen LogP contribution is 2.29. The minimum Gasteiger partial charge on any atom is -0.494 e. The van der Waals surface area contributed by atoms with E-state index in [-0.39, 0.29) is 0 Å². The van der Waals surface area contributed by atoms with Crippen molar-refractivity contribution in [2.45, 2.75) is 32.7 Å². The number of ether oxygens (including phenoxy) is 1. The molecule has 0 saturated heterocycles. The van der Waals surface area contributed by atoms with E-state index in [0.717, 1.165) is 25.4 Å². The van der Waals surface area contributed by atoms with E-state index in [1.165, 1.54) is 17.5 Å². The van der Waals surface area contributed by atoms with Crippen LogP contribution in [0.15, 0.2) is 18.2 Å². The van der Waals surface area contributed by atoms with Crippen molar-refractivity contribution in [3.8, 4) is 5.75 Å². The minimum absolute atomic E-state index is 0.671. The van der Waals surface area contributed by atoms with Crippen LogP contribution in [-0.4, -0.2) is 13.2 Å². The van der Waals surface area contributed by atoms with E-state index in [9.17, 15) is 0 Å². The van der Waals surface area contributed by atoms with E-state index in [1.807, 2.05) is 6.92 Å².